The van der Waals surface area contributed by atoms with Gasteiger partial charge in [0, 0.05) is 11.6 Å². The molecular weight excluding hydrogens is 266 g/mol. The van der Waals surface area contributed by atoms with Crippen LogP contribution in [0.3, 0.4) is 0 Å². The van der Waals surface area contributed by atoms with E-state index in [9.17, 15) is 4.79 Å². The van der Waals surface area contributed by atoms with E-state index in [1.165, 1.54) is 0 Å². The summed E-state index contributed by atoms with van der Waals surface area (Å²) in [5, 5.41) is 2.74. The van der Waals surface area contributed by atoms with Gasteiger partial charge in [0.15, 0.2) is 11.5 Å². The van der Waals surface area contributed by atoms with Crippen LogP contribution in [0, 0.1) is 0 Å². The van der Waals surface area contributed by atoms with Crippen molar-refractivity contribution in [1.29, 1.82) is 0 Å². The molecule has 19 heavy (non-hydrogen) atoms. The molecule has 1 aliphatic carbocycles. The second-order valence-corrected chi connectivity index (χ2v) is 4.79. The number of aromatic nitrogens is 1. The second kappa shape index (κ2) is 5.19. The van der Waals surface area contributed by atoms with E-state index in [-0.39, 0.29) is 18.3 Å². The summed E-state index contributed by atoms with van der Waals surface area (Å²) in [4.78, 5) is 15.9. The van der Waals surface area contributed by atoms with E-state index in [0.29, 0.717) is 11.6 Å². The maximum Gasteiger partial charge on any atom is 0.240 e. The molecule has 1 fully saturated rings. The monoisotopic (exact) mass is 281 g/mol. The molecule has 0 saturated heterocycles. The van der Waals surface area contributed by atoms with Gasteiger partial charge >= 0.3 is 0 Å². The summed E-state index contributed by atoms with van der Waals surface area (Å²) in [7, 11) is 0. The van der Waals surface area contributed by atoms with Gasteiger partial charge in [0.25, 0.3) is 0 Å². The number of amides is 1. The molecule has 6 heteroatoms. The van der Waals surface area contributed by atoms with Crippen molar-refractivity contribution in [3.8, 4) is 0 Å². The predicted octanol–water partition coefficient (Wildman–Crippen LogP) is 2.41. The van der Waals surface area contributed by atoms with E-state index in [1.807, 2.05) is 12.1 Å². The van der Waals surface area contributed by atoms with E-state index >= 15 is 0 Å². The van der Waals surface area contributed by atoms with Crippen LogP contribution in [0.4, 0.5) is 5.69 Å². The highest BCUT2D eigenvalue weighted by atomic mass is 35.5. The van der Waals surface area contributed by atoms with E-state index in [4.69, 9.17) is 10.2 Å². The normalized spacial score (nSPS) is 15.9. The second-order valence-electron chi connectivity index (χ2n) is 4.79. The van der Waals surface area contributed by atoms with Crippen LogP contribution in [-0.4, -0.2) is 16.9 Å². The zero-order chi connectivity index (χ0) is 12.7. The average Bonchev–Trinajstić information content (AvgIpc) is 3.09. The highest BCUT2D eigenvalue weighted by molar-refractivity contribution is 5.95. The minimum atomic E-state index is -0.528. The van der Waals surface area contributed by atoms with Crippen LogP contribution >= 0.6 is 12.4 Å². The van der Waals surface area contributed by atoms with Gasteiger partial charge in [-0.25, -0.2) is 4.98 Å². The van der Waals surface area contributed by atoms with Crippen molar-refractivity contribution in [1.82, 2.24) is 4.98 Å². The first-order valence-electron chi connectivity index (χ1n) is 6.10. The summed E-state index contributed by atoms with van der Waals surface area (Å²) in [6.45, 7) is 1.65. The summed E-state index contributed by atoms with van der Waals surface area (Å²) >= 11 is 0. The minimum absolute atomic E-state index is 0. The molecule has 1 aliphatic rings. The third-order valence-electron chi connectivity index (χ3n) is 3.01. The van der Waals surface area contributed by atoms with Crippen molar-refractivity contribution in [2.45, 2.75) is 31.7 Å². The zero-order valence-corrected chi connectivity index (χ0v) is 11.4. The summed E-state index contributed by atoms with van der Waals surface area (Å²) < 4.78 is 5.65. The van der Waals surface area contributed by atoms with Crippen LogP contribution < -0.4 is 11.1 Å². The summed E-state index contributed by atoms with van der Waals surface area (Å²) in [5.41, 5.74) is 7.73. The standard InChI is InChI=1S/C13H15N3O2.ClH/c1-7(14)12(17)15-9-4-5-11-10(6-9)16-13(18-11)8-2-3-8;/h4-8H,2-3,14H2,1H3,(H,15,17);1H/t7-;/m1./s1. The Bertz CT molecular complexity index is 605. The van der Waals surface area contributed by atoms with Gasteiger partial charge in [-0.2, -0.15) is 0 Å². The molecule has 0 aliphatic heterocycles. The lowest BCUT2D eigenvalue weighted by atomic mass is 10.2. The molecule has 1 aromatic heterocycles. The molecule has 0 bridgehead atoms. The van der Waals surface area contributed by atoms with Crippen molar-refractivity contribution in [2.24, 2.45) is 5.73 Å². The van der Waals surface area contributed by atoms with E-state index < -0.39 is 6.04 Å². The Kier molecular flexibility index (Phi) is 3.78. The largest absolute Gasteiger partial charge is 0.440 e. The van der Waals surface area contributed by atoms with Crippen LogP contribution in [0.1, 0.15) is 31.6 Å². The van der Waals surface area contributed by atoms with Crippen molar-refractivity contribution in [3.05, 3.63) is 24.1 Å². The van der Waals surface area contributed by atoms with Gasteiger partial charge in [-0.3, -0.25) is 4.79 Å². The molecule has 0 spiro atoms. The lowest BCUT2D eigenvalue weighted by Gasteiger charge is -2.06. The van der Waals surface area contributed by atoms with Crippen molar-refractivity contribution in [2.75, 3.05) is 5.32 Å². The smallest absolute Gasteiger partial charge is 0.240 e. The van der Waals surface area contributed by atoms with Gasteiger partial charge in [0.2, 0.25) is 5.91 Å². The fourth-order valence-corrected chi connectivity index (χ4v) is 1.78. The number of nitrogens with two attached hydrogens (primary N) is 1. The van der Waals surface area contributed by atoms with E-state index in [1.54, 1.807) is 13.0 Å². The molecule has 0 unspecified atom stereocenters. The van der Waals surface area contributed by atoms with E-state index in [0.717, 1.165) is 29.8 Å². The number of hydrogen-bond donors (Lipinski definition) is 2. The number of hydrogen-bond acceptors (Lipinski definition) is 4. The summed E-state index contributed by atoms with van der Waals surface area (Å²) in [6.07, 6.45) is 2.31. The Morgan fingerprint density at radius 3 is 2.89 bits per heavy atom. The molecular formula is C13H16ClN3O2. The molecule has 1 saturated carbocycles. The predicted molar refractivity (Wildman–Crippen MR) is 75.5 cm³/mol. The van der Waals surface area contributed by atoms with Gasteiger partial charge in [0.1, 0.15) is 5.52 Å². The van der Waals surface area contributed by atoms with Gasteiger partial charge in [-0.15, -0.1) is 12.4 Å². The number of rotatable bonds is 3. The number of carbonyl (C=O) groups is 1. The molecule has 3 rings (SSSR count). The Morgan fingerprint density at radius 2 is 2.26 bits per heavy atom. The Labute approximate surface area is 117 Å². The highest BCUT2D eigenvalue weighted by Gasteiger charge is 2.28. The fraction of sp³-hybridized carbons (Fsp3) is 0.385. The van der Waals surface area contributed by atoms with Crippen LogP contribution in [-0.2, 0) is 4.79 Å². The van der Waals surface area contributed by atoms with Crippen LogP contribution in [0.25, 0.3) is 11.1 Å². The first-order valence-corrected chi connectivity index (χ1v) is 6.10. The number of nitrogens with zero attached hydrogens (tertiary/aromatic N) is 1. The summed E-state index contributed by atoms with van der Waals surface area (Å²) in [6, 6.07) is 4.90. The Morgan fingerprint density at radius 1 is 1.53 bits per heavy atom. The molecule has 1 amide bonds. The highest BCUT2D eigenvalue weighted by Crippen LogP contribution is 2.40. The maximum absolute atomic E-state index is 11.5. The lowest BCUT2D eigenvalue weighted by molar-refractivity contribution is -0.117. The number of oxazole rings is 1. The number of carbonyl (C=O) groups excluding carboxylic acids is 1. The quantitative estimate of drug-likeness (QED) is 0.905. The van der Waals surface area contributed by atoms with Crippen molar-refractivity contribution in [3.63, 3.8) is 0 Å². The molecule has 2 aromatic rings. The molecule has 0 radical (unpaired) electrons. The number of anilines is 1. The van der Waals surface area contributed by atoms with Crippen molar-refractivity contribution >= 4 is 35.1 Å². The third kappa shape index (κ3) is 2.88. The first-order chi connectivity index (χ1) is 8.63. The van der Waals surface area contributed by atoms with Crippen LogP contribution in [0.2, 0.25) is 0 Å². The molecule has 1 aromatic carbocycles. The number of benzene rings is 1. The lowest BCUT2D eigenvalue weighted by Crippen LogP contribution is -2.32. The molecule has 3 N–H and O–H groups in total. The molecule has 102 valence electrons. The van der Waals surface area contributed by atoms with E-state index in [2.05, 4.69) is 10.3 Å². The fourth-order valence-electron chi connectivity index (χ4n) is 1.78. The Balaban J connectivity index is 0.00000133. The van der Waals surface area contributed by atoms with Gasteiger partial charge in [-0.05, 0) is 38.0 Å². The molecule has 1 atom stereocenters. The minimum Gasteiger partial charge on any atom is -0.440 e. The van der Waals surface area contributed by atoms with Gasteiger partial charge in [-0.1, -0.05) is 0 Å². The summed E-state index contributed by atoms with van der Waals surface area (Å²) in [5.74, 6) is 1.08. The first kappa shape index (κ1) is 13.8. The van der Waals surface area contributed by atoms with Gasteiger partial charge < -0.3 is 15.5 Å². The van der Waals surface area contributed by atoms with Crippen molar-refractivity contribution < 1.29 is 9.21 Å². The number of fused-ring (bicyclic) bond motifs is 1. The SMILES string of the molecule is C[C@@H](N)C(=O)Nc1ccc2oc(C3CC3)nc2c1.Cl. The number of halogens is 1. The number of nitrogens with one attached hydrogen (secondary N) is 1. The topological polar surface area (TPSA) is 81.2 Å². The average molecular weight is 282 g/mol. The molecule has 5 nitrogen and oxygen atoms in total. The van der Waals surface area contributed by atoms with Gasteiger partial charge in [0.05, 0.1) is 6.04 Å². The zero-order valence-electron chi connectivity index (χ0n) is 10.6. The third-order valence-corrected chi connectivity index (χ3v) is 3.01. The maximum atomic E-state index is 11.5. The Hall–Kier alpha value is -1.59. The molecule has 1 heterocycles. The van der Waals surface area contributed by atoms with Crippen LogP contribution in [0.15, 0.2) is 22.6 Å². The van der Waals surface area contributed by atoms with Crippen LogP contribution in [0.5, 0.6) is 0 Å².